The molecule has 2 rings (SSSR count). The van der Waals surface area contributed by atoms with E-state index >= 15 is 0 Å². The maximum atomic E-state index is 14.0. The van der Waals surface area contributed by atoms with Crippen LogP contribution in [-0.4, -0.2) is 4.98 Å². The molecule has 0 spiro atoms. The second kappa shape index (κ2) is 6.71. The first-order valence-corrected chi connectivity index (χ1v) is 7.30. The van der Waals surface area contributed by atoms with Crippen molar-refractivity contribution in [2.45, 2.75) is 12.5 Å². The summed E-state index contributed by atoms with van der Waals surface area (Å²) in [6.45, 7) is 0. The van der Waals surface area contributed by atoms with Crippen molar-refractivity contribution in [1.29, 1.82) is 0 Å². The van der Waals surface area contributed by atoms with Crippen molar-refractivity contribution in [1.82, 2.24) is 10.4 Å². The van der Waals surface area contributed by atoms with Gasteiger partial charge in [-0.2, -0.15) is 0 Å². The number of nitrogens with zero attached hydrogens (tertiary/aromatic N) is 1. The molecule has 3 nitrogen and oxygen atoms in total. The van der Waals surface area contributed by atoms with Crippen LogP contribution in [0.2, 0.25) is 0 Å². The van der Waals surface area contributed by atoms with Gasteiger partial charge < -0.3 is 0 Å². The number of nitrogens with two attached hydrogens (primary N) is 1. The average Bonchev–Trinajstić information content (AvgIpc) is 2.43. The molecule has 0 aliphatic heterocycles. The summed E-state index contributed by atoms with van der Waals surface area (Å²) in [5, 5.41) is 0. The molecule has 1 heterocycles. The molecule has 0 aliphatic rings. The van der Waals surface area contributed by atoms with Crippen LogP contribution in [0, 0.1) is 11.6 Å². The van der Waals surface area contributed by atoms with Crippen molar-refractivity contribution in [2.24, 2.45) is 5.84 Å². The van der Waals surface area contributed by atoms with Crippen LogP contribution in [0.25, 0.3) is 0 Å². The number of nitrogens with one attached hydrogen (secondary N) is 1. The third kappa shape index (κ3) is 3.41. The van der Waals surface area contributed by atoms with Crippen molar-refractivity contribution in [3.05, 3.63) is 62.3 Å². The van der Waals surface area contributed by atoms with E-state index in [0.717, 1.165) is 10.0 Å². The van der Waals surface area contributed by atoms with Crippen molar-refractivity contribution in [2.75, 3.05) is 0 Å². The Hall–Kier alpha value is -0.890. The Morgan fingerprint density at radius 1 is 1.25 bits per heavy atom. The molecule has 7 heteroatoms. The largest absolute Gasteiger partial charge is 0.271 e. The first-order valence-electron chi connectivity index (χ1n) is 5.72. The van der Waals surface area contributed by atoms with Crippen LogP contribution in [0.5, 0.6) is 0 Å². The first kappa shape index (κ1) is 15.5. The Morgan fingerprint density at radius 2 is 2.00 bits per heavy atom. The summed E-state index contributed by atoms with van der Waals surface area (Å²) < 4.78 is 28.7. The van der Waals surface area contributed by atoms with Crippen LogP contribution in [0.4, 0.5) is 8.78 Å². The highest BCUT2D eigenvalue weighted by Gasteiger charge is 2.18. The predicted octanol–water partition coefficient (Wildman–Crippen LogP) is 3.63. The fraction of sp³-hybridized carbons (Fsp3) is 0.154. The summed E-state index contributed by atoms with van der Waals surface area (Å²) in [4.78, 5) is 4.02. The van der Waals surface area contributed by atoms with E-state index in [-0.39, 0.29) is 16.5 Å². The van der Waals surface area contributed by atoms with Gasteiger partial charge in [0.2, 0.25) is 0 Å². The summed E-state index contributed by atoms with van der Waals surface area (Å²) in [5.74, 6) is 4.27. The third-order valence-electron chi connectivity index (χ3n) is 2.88. The molecule has 1 atom stereocenters. The van der Waals surface area contributed by atoms with Gasteiger partial charge in [0.15, 0.2) is 0 Å². The van der Waals surface area contributed by atoms with E-state index in [9.17, 15) is 8.78 Å². The lowest BCUT2D eigenvalue weighted by Crippen LogP contribution is -2.30. The van der Waals surface area contributed by atoms with Gasteiger partial charge in [-0.1, -0.05) is 0 Å². The van der Waals surface area contributed by atoms with E-state index in [4.69, 9.17) is 5.84 Å². The second-order valence-corrected chi connectivity index (χ2v) is 5.95. The molecule has 0 aliphatic carbocycles. The van der Waals surface area contributed by atoms with Crippen LogP contribution in [0.3, 0.4) is 0 Å². The van der Waals surface area contributed by atoms with E-state index in [2.05, 4.69) is 42.3 Å². The highest BCUT2D eigenvalue weighted by molar-refractivity contribution is 9.10. The van der Waals surface area contributed by atoms with Crippen LogP contribution in [0.1, 0.15) is 17.2 Å². The molecule has 2 aromatic rings. The van der Waals surface area contributed by atoms with Gasteiger partial charge in [-0.05, 0) is 62.0 Å². The Morgan fingerprint density at radius 3 is 2.65 bits per heavy atom. The maximum Gasteiger partial charge on any atom is 0.143 e. The van der Waals surface area contributed by atoms with Crippen LogP contribution >= 0.6 is 31.9 Å². The molecule has 3 N–H and O–H groups in total. The molecule has 20 heavy (non-hydrogen) atoms. The Kier molecular flexibility index (Phi) is 5.20. The van der Waals surface area contributed by atoms with Gasteiger partial charge in [0, 0.05) is 22.4 Å². The third-order valence-corrected chi connectivity index (χ3v) is 3.92. The number of aromatic nitrogens is 1. The number of halogens is 4. The quantitative estimate of drug-likeness (QED) is 0.463. The highest BCUT2D eigenvalue weighted by Crippen LogP contribution is 2.26. The average molecular weight is 407 g/mol. The maximum absolute atomic E-state index is 14.0. The van der Waals surface area contributed by atoms with Crippen LogP contribution < -0.4 is 11.3 Å². The summed E-state index contributed by atoms with van der Waals surface area (Å²) in [7, 11) is 0. The highest BCUT2D eigenvalue weighted by atomic mass is 79.9. The number of pyridine rings is 1. The van der Waals surface area contributed by atoms with Crippen molar-refractivity contribution in [3.63, 3.8) is 0 Å². The zero-order valence-electron chi connectivity index (χ0n) is 10.2. The lowest BCUT2D eigenvalue weighted by Gasteiger charge is -2.17. The second-order valence-electron chi connectivity index (χ2n) is 4.18. The van der Waals surface area contributed by atoms with Gasteiger partial charge in [-0.15, -0.1) is 0 Å². The topological polar surface area (TPSA) is 50.9 Å². The standard InChI is InChI=1S/C13H11Br2F2N3/c14-8-3-7(5-19-6-8)12(20-18)4-9-11(16)2-1-10(15)13(9)17/h1-3,5-6,12,20H,4,18H2. The molecule has 0 saturated heterocycles. The van der Waals surface area contributed by atoms with Gasteiger partial charge in [0.1, 0.15) is 11.6 Å². The Labute approximate surface area is 131 Å². The van der Waals surface area contributed by atoms with E-state index in [1.807, 2.05) is 0 Å². The SMILES string of the molecule is NNC(Cc1c(F)ccc(Br)c1F)c1cncc(Br)c1. The van der Waals surface area contributed by atoms with Gasteiger partial charge in [-0.25, -0.2) is 8.78 Å². The fourth-order valence-electron chi connectivity index (χ4n) is 1.85. The lowest BCUT2D eigenvalue weighted by molar-refractivity contribution is 0.497. The molecule has 0 amide bonds. The minimum Gasteiger partial charge on any atom is -0.271 e. The summed E-state index contributed by atoms with van der Waals surface area (Å²) in [5.41, 5.74) is 3.27. The summed E-state index contributed by atoms with van der Waals surface area (Å²) in [6, 6.07) is 3.90. The molecule has 0 radical (unpaired) electrons. The van der Waals surface area contributed by atoms with E-state index in [0.29, 0.717) is 0 Å². The zero-order valence-corrected chi connectivity index (χ0v) is 13.4. The molecular weight excluding hydrogens is 396 g/mol. The smallest absolute Gasteiger partial charge is 0.143 e. The minimum absolute atomic E-state index is 0.0256. The molecule has 0 fully saturated rings. The van der Waals surface area contributed by atoms with Crippen LogP contribution in [0.15, 0.2) is 39.5 Å². The minimum atomic E-state index is -0.617. The molecule has 1 aromatic heterocycles. The molecule has 0 bridgehead atoms. The van der Waals surface area contributed by atoms with Crippen molar-refractivity contribution in [3.8, 4) is 0 Å². The van der Waals surface area contributed by atoms with Gasteiger partial charge >= 0.3 is 0 Å². The van der Waals surface area contributed by atoms with E-state index < -0.39 is 17.7 Å². The van der Waals surface area contributed by atoms with Gasteiger partial charge in [0.25, 0.3) is 0 Å². The summed E-state index contributed by atoms with van der Waals surface area (Å²) in [6.07, 6.45) is 3.30. The lowest BCUT2D eigenvalue weighted by atomic mass is 10.00. The molecule has 0 saturated carbocycles. The summed E-state index contributed by atoms with van der Waals surface area (Å²) >= 11 is 6.35. The van der Waals surface area contributed by atoms with E-state index in [1.165, 1.54) is 12.1 Å². The number of hydrazine groups is 1. The molecule has 1 unspecified atom stereocenters. The molecule has 1 aromatic carbocycles. The van der Waals surface area contributed by atoms with Crippen molar-refractivity contribution < 1.29 is 8.78 Å². The monoisotopic (exact) mass is 405 g/mol. The van der Waals surface area contributed by atoms with E-state index in [1.54, 1.807) is 18.5 Å². The molecule has 106 valence electrons. The number of benzene rings is 1. The first-order chi connectivity index (χ1) is 9.52. The van der Waals surface area contributed by atoms with Crippen LogP contribution in [-0.2, 0) is 6.42 Å². The number of hydrogen-bond donors (Lipinski definition) is 2. The number of rotatable bonds is 4. The normalized spacial score (nSPS) is 12.4. The molecular formula is C13H11Br2F2N3. The fourth-order valence-corrected chi connectivity index (χ4v) is 2.61. The van der Waals surface area contributed by atoms with Crippen molar-refractivity contribution >= 4 is 31.9 Å². The number of hydrogen-bond acceptors (Lipinski definition) is 3. The zero-order chi connectivity index (χ0) is 14.7. The van der Waals surface area contributed by atoms with Gasteiger partial charge in [0.05, 0.1) is 10.5 Å². The predicted molar refractivity (Wildman–Crippen MR) is 79.8 cm³/mol. The Bertz CT molecular complexity index is 623. The Balaban J connectivity index is 2.34. The van der Waals surface area contributed by atoms with Gasteiger partial charge in [-0.3, -0.25) is 16.3 Å².